The smallest absolute Gasteiger partial charge is 0.309 e. The summed E-state index contributed by atoms with van der Waals surface area (Å²) in [5.41, 5.74) is 1.30. The molecule has 0 fully saturated rings. The topological polar surface area (TPSA) is 137 Å². The Bertz CT molecular complexity index is 1050. The molecule has 3 rings (SSSR count). The lowest BCUT2D eigenvalue weighted by Gasteiger charge is -2.08. The maximum atomic E-state index is 12.2. The summed E-state index contributed by atoms with van der Waals surface area (Å²) in [4.78, 5) is 34.6. The van der Waals surface area contributed by atoms with Crippen LogP contribution in [0.1, 0.15) is 16.2 Å². The average Bonchev–Trinajstić information content (AvgIpc) is 3.21. The Labute approximate surface area is 159 Å². The van der Waals surface area contributed by atoms with E-state index in [9.17, 15) is 19.7 Å². The van der Waals surface area contributed by atoms with Crippen molar-refractivity contribution in [2.75, 3.05) is 10.6 Å². The van der Waals surface area contributed by atoms with Crippen molar-refractivity contribution in [1.29, 1.82) is 0 Å². The summed E-state index contributed by atoms with van der Waals surface area (Å²) in [7, 11) is 1.71. The summed E-state index contributed by atoms with van der Waals surface area (Å²) < 4.78 is 2.72. The van der Waals surface area contributed by atoms with Crippen molar-refractivity contribution >= 4 is 28.9 Å². The van der Waals surface area contributed by atoms with Crippen molar-refractivity contribution in [2.24, 2.45) is 7.05 Å². The molecule has 0 unspecified atom stereocenters. The molecule has 2 amide bonds. The molecule has 2 aromatic heterocycles. The van der Waals surface area contributed by atoms with Gasteiger partial charge in [-0.05, 0) is 31.2 Å². The third kappa shape index (κ3) is 4.38. The molecule has 0 saturated heterocycles. The van der Waals surface area contributed by atoms with Crippen LogP contribution in [-0.2, 0) is 18.4 Å². The highest BCUT2D eigenvalue weighted by atomic mass is 16.6. The fourth-order valence-electron chi connectivity index (χ4n) is 2.52. The first-order chi connectivity index (χ1) is 13.3. The van der Waals surface area contributed by atoms with Gasteiger partial charge in [-0.2, -0.15) is 10.2 Å². The predicted molar refractivity (Wildman–Crippen MR) is 99.9 cm³/mol. The molecule has 2 heterocycles. The molecule has 11 heteroatoms. The molecule has 28 heavy (non-hydrogen) atoms. The van der Waals surface area contributed by atoms with E-state index < -0.39 is 10.8 Å². The average molecular weight is 383 g/mol. The van der Waals surface area contributed by atoms with Crippen LogP contribution in [-0.4, -0.2) is 36.3 Å². The van der Waals surface area contributed by atoms with Gasteiger partial charge >= 0.3 is 5.69 Å². The molecule has 0 spiro atoms. The lowest BCUT2D eigenvalue weighted by Crippen LogP contribution is -2.19. The van der Waals surface area contributed by atoms with E-state index in [4.69, 9.17) is 0 Å². The maximum Gasteiger partial charge on any atom is 0.309 e. The van der Waals surface area contributed by atoms with Crippen LogP contribution in [0, 0.1) is 17.0 Å². The number of nitrogens with one attached hydrogen (secondary N) is 2. The summed E-state index contributed by atoms with van der Waals surface area (Å²) in [5.74, 6) is -0.783. The minimum atomic E-state index is -0.551. The summed E-state index contributed by atoms with van der Waals surface area (Å²) >= 11 is 0. The molecule has 0 atom stereocenters. The van der Waals surface area contributed by atoms with E-state index >= 15 is 0 Å². The molecule has 0 aliphatic heterocycles. The number of aryl methyl sites for hydroxylation is 2. The first kappa shape index (κ1) is 18.8. The monoisotopic (exact) mass is 383 g/mol. The summed E-state index contributed by atoms with van der Waals surface area (Å²) in [5, 5.41) is 24.2. The third-order valence-corrected chi connectivity index (χ3v) is 3.77. The van der Waals surface area contributed by atoms with Gasteiger partial charge in [-0.25, -0.2) is 0 Å². The third-order valence-electron chi connectivity index (χ3n) is 3.77. The van der Waals surface area contributed by atoms with Crippen molar-refractivity contribution in [2.45, 2.75) is 13.5 Å². The minimum Gasteiger partial charge on any atom is -0.324 e. The number of rotatable bonds is 6. The maximum absolute atomic E-state index is 12.2. The molecular weight excluding hydrogens is 366 g/mol. The molecule has 1 aromatic carbocycles. The lowest BCUT2D eigenvalue weighted by molar-refractivity contribution is -0.385. The van der Waals surface area contributed by atoms with Crippen molar-refractivity contribution in [3.8, 4) is 0 Å². The van der Waals surface area contributed by atoms with Crippen molar-refractivity contribution in [3.63, 3.8) is 0 Å². The number of anilines is 2. The molecule has 0 aliphatic carbocycles. The first-order valence-electron chi connectivity index (χ1n) is 8.21. The second-order valence-electron chi connectivity index (χ2n) is 6.01. The number of carbonyl (C=O) groups excluding carboxylic acids is 2. The van der Waals surface area contributed by atoms with Crippen LogP contribution < -0.4 is 10.6 Å². The van der Waals surface area contributed by atoms with Gasteiger partial charge in [0, 0.05) is 24.6 Å². The van der Waals surface area contributed by atoms with E-state index in [0.717, 1.165) is 0 Å². The molecule has 11 nitrogen and oxygen atoms in total. The van der Waals surface area contributed by atoms with E-state index in [-0.39, 0.29) is 29.5 Å². The number of nitro groups is 1. The number of benzene rings is 1. The number of amides is 2. The zero-order valence-electron chi connectivity index (χ0n) is 15.1. The van der Waals surface area contributed by atoms with Gasteiger partial charge in [0.15, 0.2) is 5.69 Å². The SMILES string of the molecule is Cc1nn(CC(=O)Nc2cccc(NC(=O)c3ccn(C)n3)c2)cc1[N+](=O)[O-]. The van der Waals surface area contributed by atoms with Gasteiger partial charge in [0.2, 0.25) is 5.91 Å². The van der Waals surface area contributed by atoms with Gasteiger partial charge in [0.1, 0.15) is 18.4 Å². The molecule has 3 aromatic rings. The zero-order chi connectivity index (χ0) is 20.3. The quantitative estimate of drug-likeness (QED) is 0.491. The highest BCUT2D eigenvalue weighted by Crippen LogP contribution is 2.17. The van der Waals surface area contributed by atoms with Crippen LogP contribution in [0.15, 0.2) is 42.7 Å². The Hall–Kier alpha value is -4.02. The molecule has 0 aliphatic rings. The number of hydrogen-bond donors (Lipinski definition) is 2. The molecule has 2 N–H and O–H groups in total. The minimum absolute atomic E-state index is 0.146. The zero-order valence-corrected chi connectivity index (χ0v) is 15.1. The van der Waals surface area contributed by atoms with Crippen LogP contribution in [0.2, 0.25) is 0 Å². The highest BCUT2D eigenvalue weighted by molar-refractivity contribution is 6.03. The Morgan fingerprint density at radius 2 is 1.89 bits per heavy atom. The second-order valence-corrected chi connectivity index (χ2v) is 6.01. The van der Waals surface area contributed by atoms with Crippen molar-refractivity contribution in [1.82, 2.24) is 19.6 Å². The molecular formula is C17H17N7O4. The van der Waals surface area contributed by atoms with Gasteiger partial charge in [0.25, 0.3) is 5.91 Å². The Kier molecular flexibility index (Phi) is 5.16. The molecule has 0 bridgehead atoms. The Morgan fingerprint density at radius 1 is 1.18 bits per heavy atom. The van der Waals surface area contributed by atoms with Crippen LogP contribution in [0.3, 0.4) is 0 Å². The lowest BCUT2D eigenvalue weighted by atomic mass is 10.2. The van der Waals surface area contributed by atoms with Gasteiger partial charge in [-0.15, -0.1) is 0 Å². The summed E-state index contributed by atoms with van der Waals surface area (Å²) in [6, 6.07) is 8.19. The summed E-state index contributed by atoms with van der Waals surface area (Å²) in [6.45, 7) is 1.32. The van der Waals surface area contributed by atoms with Crippen molar-refractivity contribution in [3.05, 3.63) is 64.2 Å². The molecule has 144 valence electrons. The number of hydrogen-bond acceptors (Lipinski definition) is 6. The van der Waals surface area contributed by atoms with Crippen molar-refractivity contribution < 1.29 is 14.5 Å². The van der Waals surface area contributed by atoms with E-state index in [1.165, 1.54) is 22.5 Å². The van der Waals surface area contributed by atoms with Crippen LogP contribution in [0.5, 0.6) is 0 Å². The molecule has 0 saturated carbocycles. The van der Waals surface area contributed by atoms with Crippen LogP contribution >= 0.6 is 0 Å². The van der Waals surface area contributed by atoms with Crippen LogP contribution in [0.25, 0.3) is 0 Å². The number of nitrogens with zero attached hydrogens (tertiary/aromatic N) is 5. The highest BCUT2D eigenvalue weighted by Gasteiger charge is 2.17. The standard InChI is InChI=1S/C17H17N7O4/c1-11-15(24(27)28)9-23(20-11)10-16(25)18-12-4-3-5-13(8-12)19-17(26)14-6-7-22(2)21-14/h3-9H,10H2,1-2H3,(H,18,25)(H,19,26). The van der Waals surface area contributed by atoms with Crippen LogP contribution in [0.4, 0.5) is 17.1 Å². The van der Waals surface area contributed by atoms with E-state index in [1.807, 2.05) is 0 Å². The fourth-order valence-corrected chi connectivity index (χ4v) is 2.52. The van der Waals surface area contributed by atoms with Gasteiger partial charge in [-0.3, -0.25) is 29.1 Å². The number of carbonyl (C=O) groups is 2. The fraction of sp³-hybridized carbons (Fsp3) is 0.176. The first-order valence-corrected chi connectivity index (χ1v) is 8.21. The normalized spacial score (nSPS) is 10.5. The second kappa shape index (κ2) is 7.70. The predicted octanol–water partition coefficient (Wildman–Crippen LogP) is 1.72. The van der Waals surface area contributed by atoms with E-state index in [1.54, 1.807) is 43.6 Å². The largest absolute Gasteiger partial charge is 0.324 e. The van der Waals surface area contributed by atoms with Gasteiger partial charge in [-0.1, -0.05) is 6.07 Å². The Balaban J connectivity index is 1.63. The van der Waals surface area contributed by atoms with Gasteiger partial charge < -0.3 is 10.6 Å². The van der Waals surface area contributed by atoms with Gasteiger partial charge in [0.05, 0.1) is 4.92 Å². The number of aromatic nitrogens is 4. The van der Waals surface area contributed by atoms with E-state index in [0.29, 0.717) is 11.4 Å². The van der Waals surface area contributed by atoms with E-state index in [2.05, 4.69) is 20.8 Å². The Morgan fingerprint density at radius 3 is 2.50 bits per heavy atom. The summed E-state index contributed by atoms with van der Waals surface area (Å²) in [6.07, 6.45) is 2.87. The molecule has 0 radical (unpaired) electrons.